The number of nitrogens with one attached hydrogen (secondary N) is 1. The predicted molar refractivity (Wildman–Crippen MR) is 98.6 cm³/mol. The molecule has 2 aromatic carbocycles. The van der Waals surface area contributed by atoms with E-state index in [-0.39, 0.29) is 6.04 Å². The Labute approximate surface area is 147 Å². The molecule has 23 heavy (non-hydrogen) atoms. The van der Waals surface area contributed by atoms with Crippen LogP contribution < -0.4 is 5.32 Å². The zero-order chi connectivity index (χ0) is 16.0. The van der Waals surface area contributed by atoms with Crippen molar-refractivity contribution in [1.29, 1.82) is 0 Å². The third-order valence-electron chi connectivity index (χ3n) is 5.16. The van der Waals surface area contributed by atoms with Crippen molar-refractivity contribution in [3.63, 3.8) is 0 Å². The third kappa shape index (κ3) is 2.47. The highest BCUT2D eigenvalue weighted by atomic mass is 35.5. The van der Waals surface area contributed by atoms with Crippen LogP contribution in [0.3, 0.4) is 0 Å². The van der Waals surface area contributed by atoms with Crippen molar-refractivity contribution in [2.45, 2.75) is 31.7 Å². The molecule has 2 aliphatic rings. The van der Waals surface area contributed by atoms with Crippen molar-refractivity contribution in [3.8, 4) is 0 Å². The summed E-state index contributed by atoms with van der Waals surface area (Å²) in [4.78, 5) is 0. The van der Waals surface area contributed by atoms with E-state index in [1.54, 1.807) is 0 Å². The Kier molecular flexibility index (Phi) is 3.87. The molecular weight excluding hydrogens is 325 g/mol. The van der Waals surface area contributed by atoms with Gasteiger partial charge in [0.15, 0.2) is 0 Å². The minimum absolute atomic E-state index is 0.268. The molecule has 0 amide bonds. The first-order valence-corrected chi connectivity index (χ1v) is 8.94. The number of aryl methyl sites for hydroxylation is 1. The fourth-order valence-corrected chi connectivity index (χ4v) is 4.42. The van der Waals surface area contributed by atoms with Crippen LogP contribution in [0.4, 0.5) is 5.69 Å². The van der Waals surface area contributed by atoms with Crippen LogP contribution in [0.25, 0.3) is 0 Å². The Morgan fingerprint density at radius 2 is 1.78 bits per heavy atom. The molecule has 1 heterocycles. The highest BCUT2D eigenvalue weighted by Gasteiger charge is 2.39. The summed E-state index contributed by atoms with van der Waals surface area (Å²) in [6, 6.07) is 13.0. The summed E-state index contributed by atoms with van der Waals surface area (Å²) in [5, 5.41) is 5.23. The SMILES string of the molecule is CCc1ccc([C@@H]2Nc3c(Cl)ccc(Cl)c3[C@H]3C=CC[C@@H]32)cc1. The van der Waals surface area contributed by atoms with Gasteiger partial charge in [-0.25, -0.2) is 0 Å². The zero-order valence-electron chi connectivity index (χ0n) is 13.0. The molecule has 3 atom stereocenters. The van der Waals surface area contributed by atoms with Crippen LogP contribution in [0.15, 0.2) is 48.6 Å². The number of rotatable bonds is 2. The van der Waals surface area contributed by atoms with E-state index < -0.39 is 0 Å². The number of hydrogen-bond donors (Lipinski definition) is 1. The van der Waals surface area contributed by atoms with E-state index in [1.165, 1.54) is 11.1 Å². The first kappa shape index (κ1) is 15.1. The standard InChI is InChI=1S/C20H19Cl2N/c1-2-12-6-8-13(9-7-12)19-15-5-3-4-14(15)18-16(21)10-11-17(22)20(18)23-19/h3-4,6-11,14-15,19,23H,2,5H2,1H3/t14-,15-,19-/m0/s1. The van der Waals surface area contributed by atoms with Crippen LogP contribution in [0.2, 0.25) is 10.0 Å². The summed E-state index contributed by atoms with van der Waals surface area (Å²) in [6.45, 7) is 2.18. The molecule has 1 N–H and O–H groups in total. The summed E-state index contributed by atoms with van der Waals surface area (Å²) >= 11 is 12.9. The average molecular weight is 344 g/mol. The minimum atomic E-state index is 0.268. The monoisotopic (exact) mass is 343 g/mol. The Bertz CT molecular complexity index is 764. The predicted octanol–water partition coefficient (Wildman–Crippen LogP) is 6.38. The van der Waals surface area contributed by atoms with Gasteiger partial charge < -0.3 is 5.32 Å². The van der Waals surface area contributed by atoms with Gasteiger partial charge in [0.1, 0.15) is 0 Å². The van der Waals surface area contributed by atoms with E-state index in [1.807, 2.05) is 12.1 Å². The van der Waals surface area contributed by atoms with E-state index >= 15 is 0 Å². The number of halogens is 2. The maximum atomic E-state index is 6.48. The minimum Gasteiger partial charge on any atom is -0.376 e. The smallest absolute Gasteiger partial charge is 0.0641 e. The molecule has 0 radical (unpaired) electrons. The van der Waals surface area contributed by atoms with Crippen LogP contribution in [0, 0.1) is 5.92 Å². The van der Waals surface area contributed by atoms with Gasteiger partial charge >= 0.3 is 0 Å². The normalized spacial score (nSPS) is 24.9. The number of allylic oxidation sites excluding steroid dienone is 2. The lowest BCUT2D eigenvalue weighted by molar-refractivity contribution is 0.425. The molecule has 2 aromatic rings. The second kappa shape index (κ2) is 5.89. The molecule has 0 aromatic heterocycles. The van der Waals surface area contributed by atoms with E-state index in [2.05, 4.69) is 48.7 Å². The molecule has 0 spiro atoms. The average Bonchev–Trinajstić information content (AvgIpc) is 3.07. The van der Waals surface area contributed by atoms with Gasteiger partial charge in [-0.3, -0.25) is 0 Å². The first-order valence-electron chi connectivity index (χ1n) is 8.19. The molecule has 0 saturated heterocycles. The molecule has 0 bridgehead atoms. The van der Waals surface area contributed by atoms with Gasteiger partial charge in [0, 0.05) is 16.5 Å². The highest BCUT2D eigenvalue weighted by Crippen LogP contribution is 2.53. The molecule has 0 fully saturated rings. The second-order valence-electron chi connectivity index (χ2n) is 6.39. The maximum absolute atomic E-state index is 6.48. The van der Waals surface area contributed by atoms with Gasteiger partial charge in [-0.05, 0) is 42.0 Å². The highest BCUT2D eigenvalue weighted by molar-refractivity contribution is 6.36. The van der Waals surface area contributed by atoms with E-state index in [9.17, 15) is 0 Å². The van der Waals surface area contributed by atoms with Gasteiger partial charge in [0.2, 0.25) is 0 Å². The van der Waals surface area contributed by atoms with Crippen LogP contribution >= 0.6 is 23.2 Å². The quantitative estimate of drug-likeness (QED) is 0.623. The Hall–Kier alpha value is -1.44. The topological polar surface area (TPSA) is 12.0 Å². The third-order valence-corrected chi connectivity index (χ3v) is 5.81. The van der Waals surface area contributed by atoms with Crippen LogP contribution in [-0.2, 0) is 6.42 Å². The summed E-state index contributed by atoms with van der Waals surface area (Å²) in [5.74, 6) is 0.833. The Morgan fingerprint density at radius 3 is 2.52 bits per heavy atom. The van der Waals surface area contributed by atoms with Crippen LogP contribution in [-0.4, -0.2) is 0 Å². The van der Waals surface area contributed by atoms with Gasteiger partial charge in [-0.1, -0.05) is 66.5 Å². The lowest BCUT2D eigenvalue weighted by atomic mass is 9.77. The summed E-state index contributed by atoms with van der Waals surface area (Å²) < 4.78 is 0. The lowest BCUT2D eigenvalue weighted by Gasteiger charge is -2.38. The van der Waals surface area contributed by atoms with Gasteiger partial charge in [-0.15, -0.1) is 0 Å². The van der Waals surface area contributed by atoms with Gasteiger partial charge in [-0.2, -0.15) is 0 Å². The molecule has 4 rings (SSSR count). The number of hydrogen-bond acceptors (Lipinski definition) is 1. The van der Waals surface area contributed by atoms with Gasteiger partial charge in [0.25, 0.3) is 0 Å². The number of benzene rings is 2. The largest absolute Gasteiger partial charge is 0.376 e. The van der Waals surface area contributed by atoms with E-state index in [0.29, 0.717) is 11.8 Å². The number of fused-ring (bicyclic) bond motifs is 3. The summed E-state index contributed by atoms with van der Waals surface area (Å²) in [6.07, 6.45) is 6.70. The summed E-state index contributed by atoms with van der Waals surface area (Å²) in [5.41, 5.74) is 4.84. The second-order valence-corrected chi connectivity index (χ2v) is 7.20. The van der Waals surface area contributed by atoms with Crippen molar-refractivity contribution < 1.29 is 0 Å². The molecule has 1 aliphatic carbocycles. The lowest BCUT2D eigenvalue weighted by Crippen LogP contribution is -2.29. The van der Waals surface area contributed by atoms with Crippen molar-refractivity contribution >= 4 is 28.9 Å². The molecule has 0 unspecified atom stereocenters. The fraction of sp³-hybridized carbons (Fsp3) is 0.300. The van der Waals surface area contributed by atoms with Crippen molar-refractivity contribution in [2.24, 2.45) is 5.92 Å². The number of anilines is 1. The Balaban J connectivity index is 1.79. The fourth-order valence-electron chi connectivity index (χ4n) is 3.92. The van der Waals surface area contributed by atoms with Crippen molar-refractivity contribution in [3.05, 3.63) is 75.3 Å². The van der Waals surface area contributed by atoms with Crippen molar-refractivity contribution in [2.75, 3.05) is 5.32 Å². The maximum Gasteiger partial charge on any atom is 0.0641 e. The molecule has 1 aliphatic heterocycles. The first-order chi connectivity index (χ1) is 11.2. The molecule has 1 nitrogen and oxygen atoms in total. The summed E-state index contributed by atoms with van der Waals surface area (Å²) in [7, 11) is 0. The molecule has 118 valence electrons. The van der Waals surface area contributed by atoms with E-state index in [0.717, 1.165) is 34.1 Å². The Morgan fingerprint density at radius 1 is 1.04 bits per heavy atom. The molecule has 0 saturated carbocycles. The molecule has 3 heteroatoms. The molecular formula is C20H19Cl2N. The van der Waals surface area contributed by atoms with E-state index in [4.69, 9.17) is 23.2 Å². The van der Waals surface area contributed by atoms with Crippen LogP contribution in [0.1, 0.15) is 42.0 Å². The zero-order valence-corrected chi connectivity index (χ0v) is 14.5. The van der Waals surface area contributed by atoms with Crippen LogP contribution in [0.5, 0.6) is 0 Å². The van der Waals surface area contributed by atoms with Gasteiger partial charge in [0.05, 0.1) is 16.8 Å². The van der Waals surface area contributed by atoms with Crippen molar-refractivity contribution in [1.82, 2.24) is 0 Å².